The highest BCUT2D eigenvalue weighted by molar-refractivity contribution is 5.96. The van der Waals surface area contributed by atoms with E-state index in [0.29, 0.717) is 5.56 Å². The second-order valence-corrected chi connectivity index (χ2v) is 4.55. The predicted molar refractivity (Wildman–Crippen MR) is 66.2 cm³/mol. The Kier molecular flexibility index (Phi) is 3.33. The van der Waals surface area contributed by atoms with Crippen molar-refractivity contribution >= 4 is 5.91 Å². The summed E-state index contributed by atoms with van der Waals surface area (Å²) in [6.07, 6.45) is 0. The van der Waals surface area contributed by atoms with E-state index in [9.17, 15) is 9.90 Å². The molecule has 0 unspecified atom stereocenters. The van der Waals surface area contributed by atoms with Gasteiger partial charge in [-0.2, -0.15) is 0 Å². The van der Waals surface area contributed by atoms with Crippen molar-refractivity contribution < 1.29 is 9.90 Å². The van der Waals surface area contributed by atoms with E-state index in [4.69, 9.17) is 0 Å². The molecule has 2 N–H and O–H groups in total. The molecule has 1 aliphatic rings. The topological polar surface area (TPSA) is 52.6 Å². The monoisotopic (exact) mass is 234 g/mol. The lowest BCUT2D eigenvalue weighted by molar-refractivity contribution is 0.0655. The van der Waals surface area contributed by atoms with Gasteiger partial charge in [0.25, 0.3) is 5.91 Å². The Bertz CT molecular complexity index is 431. The number of carbonyl (C=O) groups excluding carboxylic acids is 1. The van der Waals surface area contributed by atoms with Crippen molar-refractivity contribution in [3.63, 3.8) is 0 Å². The van der Waals surface area contributed by atoms with Crippen molar-refractivity contribution in [3.05, 3.63) is 29.3 Å². The van der Waals surface area contributed by atoms with Gasteiger partial charge in [0, 0.05) is 31.2 Å². The van der Waals surface area contributed by atoms with Gasteiger partial charge in [-0.1, -0.05) is 0 Å². The molecule has 0 saturated carbocycles. The number of nitrogens with one attached hydrogen (secondary N) is 1. The SMILES string of the molecule is Cc1cc(O)ccc1C(=O)N1CCNC[C@H]1C. The number of phenolic OH excluding ortho intramolecular Hbond substituents is 1. The van der Waals surface area contributed by atoms with Gasteiger partial charge in [-0.05, 0) is 37.6 Å². The lowest BCUT2D eigenvalue weighted by Crippen LogP contribution is -2.52. The third-order valence-corrected chi connectivity index (χ3v) is 3.20. The van der Waals surface area contributed by atoms with Crippen molar-refractivity contribution in [2.45, 2.75) is 19.9 Å². The Balaban J connectivity index is 2.24. The van der Waals surface area contributed by atoms with Crippen molar-refractivity contribution in [1.29, 1.82) is 0 Å². The standard InChI is InChI=1S/C13H18N2O2/c1-9-7-11(16)3-4-12(9)13(17)15-6-5-14-8-10(15)2/h3-4,7,10,14,16H,5-6,8H2,1-2H3/t10-/m1/s1. The third-order valence-electron chi connectivity index (χ3n) is 3.20. The average molecular weight is 234 g/mol. The molecule has 0 aliphatic carbocycles. The number of aryl methyl sites for hydroxylation is 1. The summed E-state index contributed by atoms with van der Waals surface area (Å²) < 4.78 is 0. The van der Waals surface area contributed by atoms with Crippen LogP contribution in [-0.2, 0) is 0 Å². The number of hydrogen-bond acceptors (Lipinski definition) is 3. The summed E-state index contributed by atoms with van der Waals surface area (Å²) in [4.78, 5) is 14.2. The number of benzene rings is 1. The summed E-state index contributed by atoms with van der Waals surface area (Å²) >= 11 is 0. The summed E-state index contributed by atoms with van der Waals surface area (Å²) in [5.74, 6) is 0.254. The molecule has 0 bridgehead atoms. The Labute approximate surface area is 101 Å². The number of nitrogens with zero attached hydrogens (tertiary/aromatic N) is 1. The van der Waals surface area contributed by atoms with Gasteiger partial charge in [-0.15, -0.1) is 0 Å². The first kappa shape index (κ1) is 11.9. The van der Waals surface area contributed by atoms with Gasteiger partial charge in [0.15, 0.2) is 0 Å². The molecule has 1 atom stereocenters. The third kappa shape index (κ3) is 2.42. The molecule has 1 heterocycles. The zero-order chi connectivity index (χ0) is 12.4. The quantitative estimate of drug-likeness (QED) is 0.766. The zero-order valence-electron chi connectivity index (χ0n) is 10.2. The zero-order valence-corrected chi connectivity index (χ0v) is 10.2. The highest BCUT2D eigenvalue weighted by atomic mass is 16.3. The molecule has 92 valence electrons. The minimum atomic E-state index is 0.0523. The maximum Gasteiger partial charge on any atom is 0.254 e. The second kappa shape index (κ2) is 4.75. The van der Waals surface area contributed by atoms with E-state index in [1.54, 1.807) is 18.2 Å². The van der Waals surface area contributed by atoms with Crippen LogP contribution in [0.1, 0.15) is 22.8 Å². The highest BCUT2D eigenvalue weighted by Crippen LogP contribution is 2.18. The van der Waals surface area contributed by atoms with Gasteiger partial charge in [-0.25, -0.2) is 0 Å². The first-order valence-electron chi connectivity index (χ1n) is 5.91. The smallest absolute Gasteiger partial charge is 0.254 e. The molecular weight excluding hydrogens is 216 g/mol. The fourth-order valence-corrected chi connectivity index (χ4v) is 2.19. The summed E-state index contributed by atoms with van der Waals surface area (Å²) in [6, 6.07) is 5.10. The number of aromatic hydroxyl groups is 1. The number of piperazine rings is 1. The fourth-order valence-electron chi connectivity index (χ4n) is 2.19. The van der Waals surface area contributed by atoms with Crippen molar-refractivity contribution in [2.24, 2.45) is 0 Å². The van der Waals surface area contributed by atoms with Gasteiger partial charge in [0.1, 0.15) is 5.75 Å². The molecule has 0 spiro atoms. The lowest BCUT2D eigenvalue weighted by Gasteiger charge is -2.34. The molecule has 1 saturated heterocycles. The van der Waals surface area contributed by atoms with E-state index in [2.05, 4.69) is 5.32 Å². The van der Waals surface area contributed by atoms with E-state index in [-0.39, 0.29) is 17.7 Å². The molecule has 1 aromatic carbocycles. The molecule has 2 rings (SSSR count). The predicted octanol–water partition coefficient (Wildman–Crippen LogP) is 1.13. The van der Waals surface area contributed by atoms with Crippen molar-refractivity contribution in [1.82, 2.24) is 10.2 Å². The fraction of sp³-hybridized carbons (Fsp3) is 0.462. The minimum Gasteiger partial charge on any atom is -0.508 e. The normalized spacial score (nSPS) is 20.4. The van der Waals surface area contributed by atoms with Gasteiger partial charge in [0.2, 0.25) is 0 Å². The highest BCUT2D eigenvalue weighted by Gasteiger charge is 2.24. The van der Waals surface area contributed by atoms with Crippen LogP contribution in [0.4, 0.5) is 0 Å². The van der Waals surface area contributed by atoms with Crippen LogP contribution in [0, 0.1) is 6.92 Å². The Morgan fingerprint density at radius 2 is 2.29 bits per heavy atom. The van der Waals surface area contributed by atoms with Gasteiger partial charge in [0.05, 0.1) is 0 Å². The molecule has 1 amide bonds. The first-order chi connectivity index (χ1) is 8.09. The molecule has 1 aromatic rings. The number of amides is 1. The first-order valence-corrected chi connectivity index (χ1v) is 5.91. The molecule has 0 aromatic heterocycles. The molecule has 1 aliphatic heterocycles. The largest absolute Gasteiger partial charge is 0.508 e. The molecular formula is C13H18N2O2. The van der Waals surface area contributed by atoms with Crippen molar-refractivity contribution in [3.8, 4) is 5.75 Å². The summed E-state index contributed by atoms with van der Waals surface area (Å²) in [7, 11) is 0. The Morgan fingerprint density at radius 1 is 1.53 bits per heavy atom. The maximum atomic E-state index is 12.4. The van der Waals surface area contributed by atoms with Crippen LogP contribution in [0.15, 0.2) is 18.2 Å². The Hall–Kier alpha value is -1.55. The summed E-state index contributed by atoms with van der Waals surface area (Å²) in [5.41, 5.74) is 1.50. The molecule has 1 fully saturated rings. The average Bonchev–Trinajstić information content (AvgIpc) is 2.29. The number of rotatable bonds is 1. The van der Waals surface area contributed by atoms with Crippen LogP contribution in [0.5, 0.6) is 5.75 Å². The Morgan fingerprint density at radius 3 is 2.94 bits per heavy atom. The van der Waals surface area contributed by atoms with E-state index in [1.807, 2.05) is 18.7 Å². The number of phenols is 1. The summed E-state index contributed by atoms with van der Waals surface area (Å²) in [6.45, 7) is 6.30. The van der Waals surface area contributed by atoms with Crippen LogP contribution in [0.3, 0.4) is 0 Å². The van der Waals surface area contributed by atoms with Crippen LogP contribution in [0.2, 0.25) is 0 Å². The van der Waals surface area contributed by atoms with E-state index in [1.165, 1.54) is 0 Å². The van der Waals surface area contributed by atoms with Crippen LogP contribution < -0.4 is 5.32 Å². The lowest BCUT2D eigenvalue weighted by atomic mass is 10.1. The maximum absolute atomic E-state index is 12.4. The van der Waals surface area contributed by atoms with Crippen LogP contribution >= 0.6 is 0 Å². The molecule has 4 nitrogen and oxygen atoms in total. The number of carbonyl (C=O) groups is 1. The van der Waals surface area contributed by atoms with Crippen molar-refractivity contribution in [2.75, 3.05) is 19.6 Å². The second-order valence-electron chi connectivity index (χ2n) is 4.55. The summed E-state index contributed by atoms with van der Waals surface area (Å²) in [5, 5.41) is 12.6. The van der Waals surface area contributed by atoms with Gasteiger partial charge in [-0.3, -0.25) is 4.79 Å². The van der Waals surface area contributed by atoms with Gasteiger partial charge >= 0.3 is 0 Å². The van der Waals surface area contributed by atoms with Crippen LogP contribution in [-0.4, -0.2) is 41.6 Å². The molecule has 4 heteroatoms. The molecule has 0 radical (unpaired) electrons. The number of hydrogen-bond donors (Lipinski definition) is 2. The minimum absolute atomic E-state index is 0.0523. The van der Waals surface area contributed by atoms with E-state index < -0.39 is 0 Å². The van der Waals surface area contributed by atoms with E-state index >= 15 is 0 Å². The van der Waals surface area contributed by atoms with E-state index in [0.717, 1.165) is 25.2 Å². The molecule has 17 heavy (non-hydrogen) atoms. The van der Waals surface area contributed by atoms with Crippen LogP contribution in [0.25, 0.3) is 0 Å². The van der Waals surface area contributed by atoms with Gasteiger partial charge < -0.3 is 15.3 Å².